The summed E-state index contributed by atoms with van der Waals surface area (Å²) < 4.78 is 16.6. The standard InChI is InChI=1S/C25H33N5O6/c1-6-16-9-17(8-15(4)22(16)35-13-19(32)11-26-21(33)12-31)23-29-24(36-30-23)20-10-18(7-14(2)3)27-25(28-20)34-5/h8-10,14,19,31-32H,6-7,11-13H2,1-5H3,(H,26,33)/t19-/m0/s1. The van der Waals surface area contributed by atoms with Crippen LogP contribution in [0.3, 0.4) is 0 Å². The van der Waals surface area contributed by atoms with E-state index in [4.69, 9.17) is 19.1 Å². The Bertz CT molecular complexity index is 1180. The van der Waals surface area contributed by atoms with Gasteiger partial charge in [0.15, 0.2) is 0 Å². The van der Waals surface area contributed by atoms with Gasteiger partial charge < -0.3 is 29.5 Å². The van der Waals surface area contributed by atoms with Crippen molar-refractivity contribution in [3.8, 4) is 34.7 Å². The fraction of sp³-hybridized carbons (Fsp3) is 0.480. The van der Waals surface area contributed by atoms with Crippen LogP contribution in [0.5, 0.6) is 11.8 Å². The summed E-state index contributed by atoms with van der Waals surface area (Å²) in [6.07, 6.45) is 0.512. The molecule has 0 fully saturated rings. The number of aliphatic hydroxyl groups is 2. The number of nitrogens with one attached hydrogen (secondary N) is 1. The van der Waals surface area contributed by atoms with E-state index in [0.29, 0.717) is 29.6 Å². The van der Waals surface area contributed by atoms with Gasteiger partial charge in [-0.05, 0) is 55.0 Å². The third kappa shape index (κ3) is 6.98. The fourth-order valence-electron chi connectivity index (χ4n) is 3.61. The summed E-state index contributed by atoms with van der Waals surface area (Å²) in [4.78, 5) is 24.5. The Morgan fingerprint density at radius 1 is 1.19 bits per heavy atom. The van der Waals surface area contributed by atoms with Crippen LogP contribution in [0.25, 0.3) is 23.0 Å². The van der Waals surface area contributed by atoms with E-state index in [2.05, 4.69) is 39.3 Å². The average Bonchev–Trinajstić information content (AvgIpc) is 3.36. The SMILES string of the molecule is CCc1cc(-c2noc(-c3cc(CC(C)C)nc(OC)n3)n2)cc(C)c1OC[C@@H](O)CNC(=O)CO. The van der Waals surface area contributed by atoms with Crippen molar-refractivity contribution in [1.82, 2.24) is 25.4 Å². The first-order valence-electron chi connectivity index (χ1n) is 11.8. The van der Waals surface area contributed by atoms with E-state index in [0.717, 1.165) is 28.8 Å². The van der Waals surface area contributed by atoms with Crippen LogP contribution in [-0.2, 0) is 17.6 Å². The molecular weight excluding hydrogens is 466 g/mol. The molecule has 194 valence electrons. The molecule has 0 unspecified atom stereocenters. The van der Waals surface area contributed by atoms with Crippen LogP contribution in [0.4, 0.5) is 0 Å². The molecule has 0 radical (unpaired) electrons. The maximum Gasteiger partial charge on any atom is 0.317 e. The minimum atomic E-state index is -0.922. The molecule has 0 aliphatic carbocycles. The molecular formula is C25H33N5O6. The monoisotopic (exact) mass is 499 g/mol. The molecule has 3 rings (SSSR count). The Kier molecular flexibility index (Phi) is 9.31. The molecule has 0 saturated heterocycles. The van der Waals surface area contributed by atoms with E-state index in [1.165, 1.54) is 7.11 Å². The van der Waals surface area contributed by atoms with E-state index in [-0.39, 0.29) is 25.1 Å². The molecule has 11 nitrogen and oxygen atoms in total. The van der Waals surface area contributed by atoms with Crippen LogP contribution in [-0.4, -0.2) is 69.2 Å². The number of aromatic nitrogens is 4. The zero-order valence-corrected chi connectivity index (χ0v) is 21.2. The normalized spacial score (nSPS) is 12.0. The molecule has 1 amide bonds. The van der Waals surface area contributed by atoms with Gasteiger partial charge in [0.05, 0.1) is 7.11 Å². The first-order valence-corrected chi connectivity index (χ1v) is 11.8. The molecule has 0 bridgehead atoms. The van der Waals surface area contributed by atoms with Crippen LogP contribution in [0.2, 0.25) is 0 Å². The van der Waals surface area contributed by atoms with Gasteiger partial charge in [0.2, 0.25) is 11.7 Å². The Morgan fingerprint density at radius 2 is 1.97 bits per heavy atom. The second-order valence-electron chi connectivity index (χ2n) is 8.81. The third-order valence-electron chi connectivity index (χ3n) is 5.29. The van der Waals surface area contributed by atoms with Crippen LogP contribution < -0.4 is 14.8 Å². The summed E-state index contributed by atoms with van der Waals surface area (Å²) >= 11 is 0. The number of rotatable bonds is 12. The number of aryl methyl sites for hydroxylation is 2. The number of benzene rings is 1. The lowest BCUT2D eigenvalue weighted by Crippen LogP contribution is -2.36. The average molecular weight is 500 g/mol. The van der Waals surface area contributed by atoms with Gasteiger partial charge in [-0.3, -0.25) is 4.79 Å². The summed E-state index contributed by atoms with van der Waals surface area (Å²) in [6, 6.07) is 5.87. The molecule has 0 spiro atoms. The Morgan fingerprint density at radius 3 is 2.64 bits per heavy atom. The number of nitrogens with zero attached hydrogens (tertiary/aromatic N) is 4. The second kappa shape index (κ2) is 12.4. The van der Waals surface area contributed by atoms with Crippen molar-refractivity contribution in [2.24, 2.45) is 5.92 Å². The Balaban J connectivity index is 1.81. The summed E-state index contributed by atoms with van der Waals surface area (Å²) in [5.41, 5.74) is 3.82. The molecule has 3 N–H and O–H groups in total. The van der Waals surface area contributed by atoms with Gasteiger partial charge >= 0.3 is 6.01 Å². The van der Waals surface area contributed by atoms with Crippen LogP contribution in [0.1, 0.15) is 37.6 Å². The van der Waals surface area contributed by atoms with Crippen LogP contribution in [0, 0.1) is 12.8 Å². The van der Waals surface area contributed by atoms with Gasteiger partial charge in [0, 0.05) is 17.8 Å². The van der Waals surface area contributed by atoms with Crippen molar-refractivity contribution >= 4 is 5.91 Å². The van der Waals surface area contributed by atoms with E-state index in [1.807, 2.05) is 32.0 Å². The predicted octanol–water partition coefficient (Wildman–Crippen LogP) is 2.12. The summed E-state index contributed by atoms with van der Waals surface area (Å²) in [7, 11) is 1.51. The highest BCUT2D eigenvalue weighted by atomic mass is 16.5. The summed E-state index contributed by atoms with van der Waals surface area (Å²) in [5.74, 6) is 1.17. The van der Waals surface area contributed by atoms with Crippen molar-refractivity contribution in [3.05, 3.63) is 35.0 Å². The van der Waals surface area contributed by atoms with Gasteiger partial charge in [0.25, 0.3) is 5.89 Å². The highest BCUT2D eigenvalue weighted by Crippen LogP contribution is 2.31. The zero-order valence-electron chi connectivity index (χ0n) is 21.2. The minimum absolute atomic E-state index is 0.0144. The van der Waals surface area contributed by atoms with Gasteiger partial charge in [-0.2, -0.15) is 9.97 Å². The number of hydrogen-bond donors (Lipinski definition) is 3. The van der Waals surface area contributed by atoms with E-state index < -0.39 is 18.6 Å². The highest BCUT2D eigenvalue weighted by molar-refractivity contribution is 5.76. The number of hydrogen-bond acceptors (Lipinski definition) is 10. The molecule has 3 aromatic rings. The van der Waals surface area contributed by atoms with Gasteiger partial charge in [-0.15, -0.1) is 0 Å². The minimum Gasteiger partial charge on any atom is -0.490 e. The van der Waals surface area contributed by atoms with E-state index in [9.17, 15) is 9.90 Å². The van der Waals surface area contributed by atoms with Crippen LogP contribution in [0.15, 0.2) is 22.7 Å². The third-order valence-corrected chi connectivity index (χ3v) is 5.29. The lowest BCUT2D eigenvalue weighted by molar-refractivity contribution is -0.124. The Hall–Kier alpha value is -3.57. The maximum atomic E-state index is 11.2. The molecule has 0 saturated carbocycles. The van der Waals surface area contributed by atoms with Crippen molar-refractivity contribution in [2.75, 3.05) is 26.9 Å². The number of carbonyl (C=O) groups excluding carboxylic acids is 1. The van der Waals surface area contributed by atoms with Crippen molar-refractivity contribution in [3.63, 3.8) is 0 Å². The number of ether oxygens (including phenoxy) is 2. The van der Waals surface area contributed by atoms with Gasteiger partial charge in [-0.1, -0.05) is 25.9 Å². The number of methoxy groups -OCH3 is 1. The largest absolute Gasteiger partial charge is 0.490 e. The molecule has 0 aliphatic rings. The molecule has 1 aromatic carbocycles. The van der Waals surface area contributed by atoms with Crippen LogP contribution >= 0.6 is 0 Å². The van der Waals surface area contributed by atoms with Gasteiger partial charge in [0.1, 0.15) is 30.8 Å². The first-order chi connectivity index (χ1) is 17.2. The second-order valence-corrected chi connectivity index (χ2v) is 8.81. The maximum absolute atomic E-state index is 11.2. The first kappa shape index (κ1) is 27.0. The molecule has 2 aromatic heterocycles. The molecule has 0 aliphatic heterocycles. The smallest absolute Gasteiger partial charge is 0.317 e. The lowest BCUT2D eigenvalue weighted by atomic mass is 10.0. The highest BCUT2D eigenvalue weighted by Gasteiger charge is 2.18. The molecule has 1 atom stereocenters. The number of aliphatic hydroxyl groups excluding tert-OH is 2. The van der Waals surface area contributed by atoms with E-state index >= 15 is 0 Å². The quantitative estimate of drug-likeness (QED) is 0.338. The van der Waals surface area contributed by atoms with Crippen molar-refractivity contribution in [1.29, 1.82) is 0 Å². The Labute approximate surface area is 209 Å². The zero-order chi connectivity index (χ0) is 26.2. The summed E-state index contributed by atoms with van der Waals surface area (Å²) in [5, 5.41) is 25.4. The topological polar surface area (TPSA) is 153 Å². The van der Waals surface area contributed by atoms with Crippen molar-refractivity contribution < 1.29 is 29.0 Å². The molecule has 2 heterocycles. The lowest BCUT2D eigenvalue weighted by Gasteiger charge is -2.17. The number of carbonyl (C=O) groups is 1. The number of amides is 1. The van der Waals surface area contributed by atoms with E-state index in [1.54, 1.807) is 0 Å². The van der Waals surface area contributed by atoms with Crippen molar-refractivity contribution in [2.45, 2.75) is 46.6 Å². The fourth-order valence-corrected chi connectivity index (χ4v) is 3.61. The molecule has 36 heavy (non-hydrogen) atoms. The van der Waals surface area contributed by atoms with Gasteiger partial charge in [-0.25, -0.2) is 4.98 Å². The molecule has 11 heteroatoms. The summed E-state index contributed by atoms with van der Waals surface area (Å²) in [6.45, 7) is 7.44. The predicted molar refractivity (Wildman–Crippen MR) is 132 cm³/mol.